The Hall–Kier alpha value is -2.60. The van der Waals surface area contributed by atoms with E-state index in [4.69, 9.17) is 4.84 Å². The van der Waals surface area contributed by atoms with E-state index in [0.717, 1.165) is 26.6 Å². The summed E-state index contributed by atoms with van der Waals surface area (Å²) < 4.78 is 0.931. The number of para-hydroxylation sites is 1. The van der Waals surface area contributed by atoms with Crippen LogP contribution in [0.4, 0.5) is 5.69 Å². The average Bonchev–Trinajstić information content (AvgIpc) is 3.04. The smallest absolute Gasteiger partial charge is 0.199 e. The van der Waals surface area contributed by atoms with E-state index in [0.29, 0.717) is 17.0 Å². The summed E-state index contributed by atoms with van der Waals surface area (Å²) >= 11 is 3.43. The third-order valence-corrected chi connectivity index (χ3v) is 4.27. The van der Waals surface area contributed by atoms with Gasteiger partial charge in [-0.2, -0.15) is 0 Å². The topological polar surface area (TPSA) is 70.0 Å². The maximum Gasteiger partial charge on any atom is 0.199 e. The Kier molecular flexibility index (Phi) is 3.20. The Balaban J connectivity index is 1.98. The van der Waals surface area contributed by atoms with E-state index in [9.17, 15) is 5.11 Å². The summed E-state index contributed by atoms with van der Waals surface area (Å²) in [6.07, 6.45) is 0. The molecule has 2 heterocycles. The lowest BCUT2D eigenvalue weighted by Crippen LogP contribution is -2.13. The van der Waals surface area contributed by atoms with Gasteiger partial charge in [-0.3, -0.25) is 0 Å². The average molecular weight is 370 g/mol. The Bertz CT molecular complexity index is 989. The predicted molar refractivity (Wildman–Crippen MR) is 93.8 cm³/mol. The minimum Gasteiger partial charge on any atom is -0.494 e. The Morgan fingerprint density at radius 1 is 1.22 bits per heavy atom. The maximum absolute atomic E-state index is 10.4. The molecule has 6 heteroatoms. The molecule has 0 bridgehead atoms. The van der Waals surface area contributed by atoms with Gasteiger partial charge in [-0.05, 0) is 18.2 Å². The van der Waals surface area contributed by atoms with E-state index < -0.39 is 0 Å². The normalized spacial score (nSPS) is 15.0. The number of oxime groups is 1. The summed E-state index contributed by atoms with van der Waals surface area (Å²) in [7, 11) is 1.50. The van der Waals surface area contributed by atoms with E-state index in [1.54, 1.807) is 0 Å². The minimum atomic E-state index is 0.0634. The SMILES string of the molecule is CO/N=C1/C(c2c(O)[nH]c3cc(Br)ccc23)=Nc2ccccc21. The number of aromatic nitrogens is 1. The van der Waals surface area contributed by atoms with Crippen LogP contribution in [-0.4, -0.2) is 28.6 Å². The number of aliphatic imine (C=N–C) groups is 1. The van der Waals surface area contributed by atoms with Gasteiger partial charge in [0.15, 0.2) is 5.88 Å². The quantitative estimate of drug-likeness (QED) is 0.667. The third kappa shape index (κ3) is 2.14. The zero-order chi connectivity index (χ0) is 16.0. The number of aromatic amines is 1. The van der Waals surface area contributed by atoms with Crippen LogP contribution in [0.2, 0.25) is 0 Å². The molecule has 3 aromatic rings. The minimum absolute atomic E-state index is 0.0634. The lowest BCUT2D eigenvalue weighted by Gasteiger charge is -2.03. The summed E-state index contributed by atoms with van der Waals surface area (Å²) in [4.78, 5) is 12.6. The van der Waals surface area contributed by atoms with Crippen LogP contribution in [0.15, 0.2) is 57.1 Å². The first kappa shape index (κ1) is 14.0. The summed E-state index contributed by atoms with van der Waals surface area (Å²) in [5, 5.41) is 15.4. The molecular formula is C17H12BrN3O2. The number of rotatable bonds is 2. The van der Waals surface area contributed by atoms with Gasteiger partial charge in [-0.15, -0.1) is 0 Å². The number of nitrogens with zero attached hydrogens (tertiary/aromatic N) is 2. The fourth-order valence-electron chi connectivity index (χ4n) is 2.83. The molecule has 0 saturated carbocycles. The van der Waals surface area contributed by atoms with Crippen molar-refractivity contribution >= 4 is 43.9 Å². The highest BCUT2D eigenvalue weighted by Crippen LogP contribution is 2.36. The number of nitrogens with one attached hydrogen (secondary N) is 1. The lowest BCUT2D eigenvalue weighted by molar-refractivity contribution is 0.214. The van der Waals surface area contributed by atoms with Crippen molar-refractivity contribution < 1.29 is 9.94 Å². The van der Waals surface area contributed by atoms with Crippen LogP contribution in [0, 0.1) is 0 Å². The van der Waals surface area contributed by atoms with Gasteiger partial charge < -0.3 is 14.9 Å². The second-order valence-corrected chi connectivity index (χ2v) is 6.05. The molecule has 0 fully saturated rings. The van der Waals surface area contributed by atoms with Crippen molar-refractivity contribution in [2.45, 2.75) is 0 Å². The van der Waals surface area contributed by atoms with Crippen molar-refractivity contribution in [1.29, 1.82) is 0 Å². The molecule has 0 unspecified atom stereocenters. The van der Waals surface area contributed by atoms with Gasteiger partial charge >= 0.3 is 0 Å². The van der Waals surface area contributed by atoms with Crippen LogP contribution in [0.1, 0.15) is 11.1 Å². The maximum atomic E-state index is 10.4. The van der Waals surface area contributed by atoms with E-state index >= 15 is 0 Å². The van der Waals surface area contributed by atoms with E-state index in [1.807, 2.05) is 42.5 Å². The zero-order valence-corrected chi connectivity index (χ0v) is 13.8. The van der Waals surface area contributed by atoms with Gasteiger partial charge in [0.25, 0.3) is 0 Å². The summed E-state index contributed by atoms with van der Waals surface area (Å²) in [6, 6.07) is 13.5. The number of H-pyrrole nitrogens is 1. The van der Waals surface area contributed by atoms with E-state index in [-0.39, 0.29) is 5.88 Å². The molecule has 23 heavy (non-hydrogen) atoms. The second kappa shape index (κ2) is 5.24. The molecule has 2 aromatic carbocycles. The molecule has 5 nitrogen and oxygen atoms in total. The van der Waals surface area contributed by atoms with Crippen molar-refractivity contribution in [2.75, 3.05) is 7.11 Å². The molecule has 0 atom stereocenters. The number of fused-ring (bicyclic) bond motifs is 2. The molecule has 0 spiro atoms. The lowest BCUT2D eigenvalue weighted by atomic mass is 10.0. The number of aromatic hydroxyl groups is 1. The van der Waals surface area contributed by atoms with Crippen molar-refractivity contribution in [3.05, 3.63) is 58.1 Å². The monoisotopic (exact) mass is 369 g/mol. The van der Waals surface area contributed by atoms with Crippen LogP contribution >= 0.6 is 15.9 Å². The largest absolute Gasteiger partial charge is 0.494 e. The fourth-order valence-corrected chi connectivity index (χ4v) is 3.19. The standard InChI is InChI=1S/C17H12BrN3O2/c1-23-21-15-11-4-2-3-5-12(11)19-16(15)14-10-7-6-9(18)8-13(10)20-17(14)22/h2-8,20,22H,1H3/b21-15+. The number of halogens is 1. The number of hydrogen-bond donors (Lipinski definition) is 2. The molecule has 0 aliphatic carbocycles. The predicted octanol–water partition coefficient (Wildman–Crippen LogP) is 4.12. The molecule has 0 saturated heterocycles. The van der Waals surface area contributed by atoms with Crippen LogP contribution in [-0.2, 0) is 4.84 Å². The highest BCUT2D eigenvalue weighted by Gasteiger charge is 2.29. The van der Waals surface area contributed by atoms with Gasteiger partial charge in [-0.25, -0.2) is 4.99 Å². The molecule has 1 aliphatic heterocycles. The van der Waals surface area contributed by atoms with Crippen molar-refractivity contribution in [2.24, 2.45) is 10.1 Å². The molecule has 4 rings (SSSR count). The molecule has 2 N–H and O–H groups in total. The van der Waals surface area contributed by atoms with Crippen LogP contribution in [0.25, 0.3) is 10.9 Å². The fraction of sp³-hybridized carbons (Fsp3) is 0.0588. The van der Waals surface area contributed by atoms with Gasteiger partial charge in [-0.1, -0.05) is 45.4 Å². The molecule has 0 radical (unpaired) electrons. The van der Waals surface area contributed by atoms with Gasteiger partial charge in [0.1, 0.15) is 18.5 Å². The molecule has 1 aromatic heterocycles. The Labute approximate surface area is 140 Å². The molecule has 0 amide bonds. The Morgan fingerprint density at radius 3 is 2.87 bits per heavy atom. The van der Waals surface area contributed by atoms with Gasteiger partial charge in [0, 0.05) is 15.4 Å². The first-order valence-electron chi connectivity index (χ1n) is 6.99. The Morgan fingerprint density at radius 2 is 2.04 bits per heavy atom. The summed E-state index contributed by atoms with van der Waals surface area (Å²) in [5.74, 6) is 0.0634. The van der Waals surface area contributed by atoms with Gasteiger partial charge in [0.05, 0.1) is 16.8 Å². The third-order valence-electron chi connectivity index (χ3n) is 3.78. The first-order valence-corrected chi connectivity index (χ1v) is 7.78. The van der Waals surface area contributed by atoms with Gasteiger partial charge in [0.2, 0.25) is 0 Å². The summed E-state index contributed by atoms with van der Waals surface area (Å²) in [5.41, 5.74) is 4.35. The van der Waals surface area contributed by atoms with E-state index in [2.05, 4.69) is 31.1 Å². The highest BCUT2D eigenvalue weighted by atomic mass is 79.9. The second-order valence-electron chi connectivity index (χ2n) is 5.14. The molecule has 1 aliphatic rings. The summed E-state index contributed by atoms with van der Waals surface area (Å²) in [6.45, 7) is 0. The molecule has 114 valence electrons. The molecular weight excluding hydrogens is 358 g/mol. The van der Waals surface area contributed by atoms with Crippen LogP contribution < -0.4 is 0 Å². The van der Waals surface area contributed by atoms with E-state index in [1.165, 1.54) is 7.11 Å². The zero-order valence-electron chi connectivity index (χ0n) is 12.2. The highest BCUT2D eigenvalue weighted by molar-refractivity contribution is 9.10. The van der Waals surface area contributed by atoms with Crippen molar-refractivity contribution in [1.82, 2.24) is 4.98 Å². The number of hydrogen-bond acceptors (Lipinski definition) is 4. The van der Waals surface area contributed by atoms with Crippen molar-refractivity contribution in [3.8, 4) is 5.88 Å². The van der Waals surface area contributed by atoms with Crippen LogP contribution in [0.3, 0.4) is 0 Å². The van der Waals surface area contributed by atoms with Crippen LogP contribution in [0.5, 0.6) is 5.88 Å². The van der Waals surface area contributed by atoms with Crippen molar-refractivity contribution in [3.63, 3.8) is 0 Å². The first-order chi connectivity index (χ1) is 11.2. The number of benzene rings is 2.